The Hall–Kier alpha value is -3.44. The van der Waals surface area contributed by atoms with E-state index in [-0.39, 0.29) is 28.4 Å². The standard InChI is InChI=1S/C22H20N4O5S2/c1-13-21(14-4-9-18-17(11-14)23-19(27)12-31-18)24-22(32-13)25-33(29,30)16-7-5-15(6-8-16)26-10-2-3-20(26)28/h4-9,11H,2-3,10,12H2,1H3,(H,23,27)(H,24,25). The van der Waals surface area contributed by atoms with Gasteiger partial charge in [0.25, 0.3) is 15.9 Å². The molecule has 9 nitrogen and oxygen atoms in total. The van der Waals surface area contributed by atoms with Crippen LogP contribution in [0.3, 0.4) is 0 Å². The van der Waals surface area contributed by atoms with Crippen LogP contribution in [0.1, 0.15) is 17.7 Å². The number of fused-ring (bicyclic) bond motifs is 1. The zero-order chi connectivity index (χ0) is 23.2. The summed E-state index contributed by atoms with van der Waals surface area (Å²) < 4.78 is 33.7. The molecule has 3 heterocycles. The summed E-state index contributed by atoms with van der Waals surface area (Å²) >= 11 is 1.22. The van der Waals surface area contributed by atoms with E-state index in [9.17, 15) is 18.0 Å². The third-order valence-electron chi connectivity index (χ3n) is 5.44. The van der Waals surface area contributed by atoms with Gasteiger partial charge in [0.2, 0.25) is 5.91 Å². The SMILES string of the molecule is Cc1sc(NS(=O)(=O)c2ccc(N3CCCC3=O)cc2)nc1-c1ccc2c(c1)NC(=O)CO2. The van der Waals surface area contributed by atoms with E-state index in [4.69, 9.17) is 4.74 Å². The molecule has 2 N–H and O–H groups in total. The molecule has 1 saturated heterocycles. The minimum Gasteiger partial charge on any atom is -0.482 e. The number of nitrogens with one attached hydrogen (secondary N) is 2. The van der Waals surface area contributed by atoms with Gasteiger partial charge in [-0.2, -0.15) is 0 Å². The highest BCUT2D eigenvalue weighted by molar-refractivity contribution is 7.93. The number of benzene rings is 2. The minimum absolute atomic E-state index is 0.0245. The number of rotatable bonds is 5. The number of carbonyl (C=O) groups is 2. The molecule has 0 aliphatic carbocycles. The number of sulfonamides is 1. The number of nitrogens with zero attached hydrogens (tertiary/aromatic N) is 2. The maximum absolute atomic E-state index is 12.9. The summed E-state index contributed by atoms with van der Waals surface area (Å²) in [7, 11) is -3.86. The van der Waals surface area contributed by atoms with E-state index < -0.39 is 10.0 Å². The fourth-order valence-corrected chi connectivity index (χ4v) is 5.91. The molecule has 0 radical (unpaired) electrons. The topological polar surface area (TPSA) is 118 Å². The lowest BCUT2D eigenvalue weighted by molar-refractivity contribution is -0.119. The average Bonchev–Trinajstić information content (AvgIpc) is 3.38. The highest BCUT2D eigenvalue weighted by atomic mass is 32.2. The Morgan fingerprint density at radius 2 is 1.94 bits per heavy atom. The Morgan fingerprint density at radius 1 is 1.15 bits per heavy atom. The normalized spacial score (nSPS) is 15.7. The Kier molecular flexibility index (Phi) is 5.29. The van der Waals surface area contributed by atoms with Crippen molar-refractivity contribution in [2.24, 2.45) is 0 Å². The lowest BCUT2D eigenvalue weighted by Gasteiger charge is -2.18. The second kappa shape index (κ2) is 8.16. The summed E-state index contributed by atoms with van der Waals surface area (Å²) in [5.74, 6) is 0.386. The van der Waals surface area contributed by atoms with Gasteiger partial charge in [-0.3, -0.25) is 14.3 Å². The Balaban J connectivity index is 1.37. The van der Waals surface area contributed by atoms with Crippen LogP contribution in [-0.4, -0.2) is 38.4 Å². The van der Waals surface area contributed by atoms with Crippen molar-refractivity contribution < 1.29 is 22.7 Å². The van der Waals surface area contributed by atoms with Gasteiger partial charge in [-0.25, -0.2) is 13.4 Å². The van der Waals surface area contributed by atoms with Crippen molar-refractivity contribution in [2.45, 2.75) is 24.7 Å². The fourth-order valence-electron chi connectivity index (χ4n) is 3.84. The van der Waals surface area contributed by atoms with Gasteiger partial charge in [-0.15, -0.1) is 11.3 Å². The smallest absolute Gasteiger partial charge is 0.263 e. The quantitative estimate of drug-likeness (QED) is 0.573. The first-order chi connectivity index (χ1) is 15.8. The van der Waals surface area contributed by atoms with Gasteiger partial charge in [0.05, 0.1) is 16.3 Å². The molecule has 11 heteroatoms. The summed E-state index contributed by atoms with van der Waals surface area (Å²) in [5, 5.41) is 2.99. The maximum Gasteiger partial charge on any atom is 0.263 e. The summed E-state index contributed by atoms with van der Waals surface area (Å²) in [6.45, 7) is 2.47. The van der Waals surface area contributed by atoms with Crippen LogP contribution in [0, 0.1) is 6.92 Å². The Bertz CT molecular complexity index is 1370. The van der Waals surface area contributed by atoms with Gasteiger partial charge in [-0.05, 0) is 55.8 Å². The predicted octanol–water partition coefficient (Wildman–Crippen LogP) is 3.38. The van der Waals surface area contributed by atoms with Crippen molar-refractivity contribution in [3.05, 3.63) is 47.3 Å². The third-order valence-corrected chi connectivity index (χ3v) is 7.81. The van der Waals surface area contributed by atoms with Crippen LogP contribution in [0.25, 0.3) is 11.3 Å². The molecular weight excluding hydrogens is 464 g/mol. The fraction of sp³-hybridized carbons (Fsp3) is 0.227. The van der Waals surface area contributed by atoms with Crippen LogP contribution in [0.15, 0.2) is 47.4 Å². The van der Waals surface area contributed by atoms with E-state index in [0.29, 0.717) is 35.8 Å². The second-order valence-electron chi connectivity index (χ2n) is 7.72. The summed E-state index contributed by atoms with van der Waals surface area (Å²) in [5.41, 5.74) is 2.59. The van der Waals surface area contributed by atoms with E-state index in [1.165, 1.54) is 23.5 Å². The van der Waals surface area contributed by atoms with E-state index in [1.54, 1.807) is 29.2 Å². The zero-order valence-electron chi connectivity index (χ0n) is 17.6. The molecule has 0 spiro atoms. The molecule has 3 aromatic rings. The summed E-state index contributed by atoms with van der Waals surface area (Å²) in [4.78, 5) is 30.5. The lowest BCUT2D eigenvalue weighted by atomic mass is 10.1. The molecule has 1 aromatic heterocycles. The van der Waals surface area contributed by atoms with E-state index in [0.717, 1.165) is 16.9 Å². The van der Waals surface area contributed by atoms with Crippen LogP contribution in [0.5, 0.6) is 5.75 Å². The summed E-state index contributed by atoms with van der Waals surface area (Å²) in [6.07, 6.45) is 1.31. The largest absolute Gasteiger partial charge is 0.482 e. The molecule has 1 fully saturated rings. The molecule has 2 amide bonds. The molecule has 0 saturated carbocycles. The number of hydrogen-bond donors (Lipinski definition) is 2. The van der Waals surface area contributed by atoms with Crippen LogP contribution < -0.4 is 19.7 Å². The molecule has 2 aromatic carbocycles. The van der Waals surface area contributed by atoms with Gasteiger partial charge in [-0.1, -0.05) is 0 Å². The second-order valence-corrected chi connectivity index (χ2v) is 10.6. The first-order valence-electron chi connectivity index (χ1n) is 10.3. The van der Waals surface area contributed by atoms with Crippen molar-refractivity contribution in [2.75, 3.05) is 28.1 Å². The monoisotopic (exact) mass is 484 g/mol. The number of thiazole rings is 1. The zero-order valence-corrected chi connectivity index (χ0v) is 19.3. The number of hydrogen-bond acceptors (Lipinski definition) is 7. The van der Waals surface area contributed by atoms with Gasteiger partial charge in [0.1, 0.15) is 5.75 Å². The van der Waals surface area contributed by atoms with Crippen LogP contribution in [0.2, 0.25) is 0 Å². The molecule has 0 unspecified atom stereocenters. The first-order valence-corrected chi connectivity index (χ1v) is 12.6. The van der Waals surface area contributed by atoms with Crippen molar-refractivity contribution in [3.63, 3.8) is 0 Å². The lowest BCUT2D eigenvalue weighted by Crippen LogP contribution is -2.25. The predicted molar refractivity (Wildman–Crippen MR) is 125 cm³/mol. The highest BCUT2D eigenvalue weighted by Crippen LogP contribution is 2.36. The number of anilines is 3. The molecule has 0 bridgehead atoms. The van der Waals surface area contributed by atoms with Crippen molar-refractivity contribution in [1.82, 2.24) is 4.98 Å². The van der Waals surface area contributed by atoms with Crippen molar-refractivity contribution >= 4 is 49.7 Å². The maximum atomic E-state index is 12.9. The number of aromatic nitrogens is 1. The molecule has 0 atom stereocenters. The minimum atomic E-state index is -3.86. The molecule has 2 aliphatic rings. The first kappa shape index (κ1) is 21.4. The van der Waals surface area contributed by atoms with Gasteiger partial charge in [0, 0.05) is 29.1 Å². The number of amides is 2. The Morgan fingerprint density at radius 3 is 2.67 bits per heavy atom. The van der Waals surface area contributed by atoms with Gasteiger partial charge in [0.15, 0.2) is 11.7 Å². The highest BCUT2D eigenvalue weighted by Gasteiger charge is 2.24. The van der Waals surface area contributed by atoms with Crippen molar-refractivity contribution in [3.8, 4) is 17.0 Å². The molecular formula is C22H20N4O5S2. The number of aryl methyl sites for hydroxylation is 1. The van der Waals surface area contributed by atoms with Crippen LogP contribution in [-0.2, 0) is 19.6 Å². The van der Waals surface area contributed by atoms with Gasteiger partial charge >= 0.3 is 0 Å². The molecule has 33 heavy (non-hydrogen) atoms. The van der Waals surface area contributed by atoms with Crippen LogP contribution in [0.4, 0.5) is 16.5 Å². The van der Waals surface area contributed by atoms with Crippen LogP contribution >= 0.6 is 11.3 Å². The van der Waals surface area contributed by atoms with Gasteiger partial charge < -0.3 is 15.0 Å². The Labute approximate surface area is 194 Å². The number of ether oxygens (including phenoxy) is 1. The summed E-state index contributed by atoms with van der Waals surface area (Å²) in [6, 6.07) is 11.6. The molecule has 2 aliphatic heterocycles. The average molecular weight is 485 g/mol. The van der Waals surface area contributed by atoms with Crippen molar-refractivity contribution in [1.29, 1.82) is 0 Å². The molecule has 170 valence electrons. The van der Waals surface area contributed by atoms with E-state index in [2.05, 4.69) is 15.0 Å². The third kappa shape index (κ3) is 4.16. The number of carbonyl (C=O) groups excluding carboxylic acids is 2. The molecule has 5 rings (SSSR count). The van der Waals surface area contributed by atoms with E-state index >= 15 is 0 Å². The van der Waals surface area contributed by atoms with E-state index in [1.807, 2.05) is 13.0 Å².